The lowest BCUT2D eigenvalue weighted by Gasteiger charge is -2.13. The number of aromatic nitrogens is 2. The molecule has 0 saturated carbocycles. The van der Waals surface area contributed by atoms with Crippen LogP contribution in [0.3, 0.4) is 0 Å². The maximum atomic E-state index is 13.6. The van der Waals surface area contributed by atoms with Gasteiger partial charge in [0.15, 0.2) is 5.69 Å². The molecule has 1 N–H and O–H groups in total. The monoisotopic (exact) mass is 478 g/mol. The summed E-state index contributed by atoms with van der Waals surface area (Å²) in [6, 6.07) is 8.60. The summed E-state index contributed by atoms with van der Waals surface area (Å²) in [5.74, 6) is -1.79. The summed E-state index contributed by atoms with van der Waals surface area (Å²) < 4.78 is 51.2. The number of nitrogens with one attached hydrogen (secondary N) is 1. The van der Waals surface area contributed by atoms with E-state index in [2.05, 4.69) is 15.2 Å². The third-order valence-electron chi connectivity index (χ3n) is 4.54. The smallest absolute Gasteiger partial charge is 0.434 e. The van der Waals surface area contributed by atoms with Crippen molar-refractivity contribution in [2.24, 2.45) is 0 Å². The van der Waals surface area contributed by atoms with Gasteiger partial charge < -0.3 is 14.8 Å². The van der Waals surface area contributed by atoms with Crippen LogP contribution in [0.4, 0.5) is 24.5 Å². The highest BCUT2D eigenvalue weighted by Gasteiger charge is 2.41. The molecule has 3 aromatic rings. The molecule has 1 aromatic heterocycles. The second kappa shape index (κ2) is 9.60. The second-order valence-corrected chi connectivity index (χ2v) is 6.68. The molecule has 0 aliphatic rings. The van der Waals surface area contributed by atoms with Gasteiger partial charge in [0.2, 0.25) is 0 Å². The lowest BCUT2D eigenvalue weighted by atomic mass is 10.1. The van der Waals surface area contributed by atoms with E-state index in [-0.39, 0.29) is 35.0 Å². The molecule has 0 radical (unpaired) electrons. The van der Waals surface area contributed by atoms with Crippen LogP contribution < -0.4 is 10.1 Å². The first kappa shape index (κ1) is 24.2. The molecule has 0 spiro atoms. The molecule has 3 rings (SSSR count). The van der Waals surface area contributed by atoms with E-state index < -0.39 is 34.2 Å². The largest absolute Gasteiger partial charge is 0.496 e. The Morgan fingerprint density at radius 3 is 2.38 bits per heavy atom. The van der Waals surface area contributed by atoms with Crippen molar-refractivity contribution in [3.8, 4) is 11.4 Å². The highest BCUT2D eigenvalue weighted by molar-refractivity contribution is 6.06. The van der Waals surface area contributed by atoms with Crippen molar-refractivity contribution >= 4 is 23.3 Å². The fourth-order valence-corrected chi connectivity index (χ4v) is 3.05. The quantitative estimate of drug-likeness (QED) is 0.306. The molecule has 13 heteroatoms. The molecule has 2 aromatic carbocycles. The summed E-state index contributed by atoms with van der Waals surface area (Å²) in [5.41, 5.74) is -2.31. The average Bonchev–Trinajstić information content (AvgIpc) is 3.25. The first-order valence-electron chi connectivity index (χ1n) is 9.63. The Morgan fingerprint density at radius 2 is 1.82 bits per heavy atom. The van der Waals surface area contributed by atoms with Gasteiger partial charge >= 0.3 is 12.1 Å². The zero-order valence-corrected chi connectivity index (χ0v) is 17.8. The molecule has 34 heavy (non-hydrogen) atoms. The normalized spacial score (nSPS) is 11.1. The van der Waals surface area contributed by atoms with E-state index in [0.29, 0.717) is 4.68 Å². The number of nitrogens with zero attached hydrogens (tertiary/aromatic N) is 3. The fraction of sp³-hybridized carbons (Fsp3) is 0.190. The highest BCUT2D eigenvalue weighted by atomic mass is 19.4. The number of carbonyl (C=O) groups is 2. The Labute approximate surface area is 190 Å². The van der Waals surface area contributed by atoms with Crippen molar-refractivity contribution < 1.29 is 37.2 Å². The molecule has 0 saturated heterocycles. The maximum absolute atomic E-state index is 13.6. The lowest BCUT2D eigenvalue weighted by molar-refractivity contribution is -0.384. The van der Waals surface area contributed by atoms with Gasteiger partial charge in [-0.25, -0.2) is 9.48 Å². The number of non-ortho nitro benzene ring substituents is 1. The van der Waals surface area contributed by atoms with Crippen molar-refractivity contribution in [2.45, 2.75) is 13.1 Å². The molecule has 0 unspecified atom stereocenters. The number of hydrogen-bond donors (Lipinski definition) is 1. The summed E-state index contributed by atoms with van der Waals surface area (Å²) in [6.07, 6.45) is -4.13. The van der Waals surface area contributed by atoms with Gasteiger partial charge in [-0.2, -0.15) is 18.3 Å². The first-order chi connectivity index (χ1) is 16.1. The number of rotatable bonds is 7. The Balaban J connectivity index is 1.90. The zero-order valence-electron chi connectivity index (χ0n) is 17.8. The van der Waals surface area contributed by atoms with Gasteiger partial charge in [0.05, 0.1) is 36.1 Å². The minimum absolute atomic E-state index is 0.0335. The molecular weight excluding hydrogens is 461 g/mol. The van der Waals surface area contributed by atoms with Gasteiger partial charge in [0.25, 0.3) is 11.6 Å². The first-order valence-corrected chi connectivity index (χ1v) is 9.63. The Bertz CT molecular complexity index is 1240. The van der Waals surface area contributed by atoms with Gasteiger partial charge in [0, 0.05) is 17.8 Å². The summed E-state index contributed by atoms with van der Waals surface area (Å²) >= 11 is 0. The van der Waals surface area contributed by atoms with E-state index in [1.807, 2.05) is 0 Å². The van der Waals surface area contributed by atoms with Crippen LogP contribution in [-0.4, -0.2) is 40.3 Å². The summed E-state index contributed by atoms with van der Waals surface area (Å²) in [7, 11) is 1.29. The van der Waals surface area contributed by atoms with E-state index >= 15 is 0 Å². The van der Waals surface area contributed by atoms with E-state index in [9.17, 15) is 32.9 Å². The van der Waals surface area contributed by atoms with E-state index in [0.717, 1.165) is 12.3 Å². The number of methoxy groups -OCH3 is 1. The number of halogens is 3. The molecular formula is C21H17F3N4O6. The SMILES string of the molecule is CCOC(=O)c1cnn(-c2ccc(NC(=O)c3cc([N+](=O)[O-])ccc3OC)cc2)c1C(F)(F)F. The molecule has 0 atom stereocenters. The molecule has 0 aliphatic carbocycles. The van der Waals surface area contributed by atoms with Crippen LogP contribution in [0, 0.1) is 10.1 Å². The predicted molar refractivity (Wildman–Crippen MR) is 112 cm³/mol. The molecule has 10 nitrogen and oxygen atoms in total. The van der Waals surface area contributed by atoms with E-state index in [4.69, 9.17) is 4.74 Å². The minimum Gasteiger partial charge on any atom is -0.496 e. The number of amides is 1. The van der Waals surface area contributed by atoms with Crippen molar-refractivity contribution in [3.63, 3.8) is 0 Å². The van der Waals surface area contributed by atoms with Crippen LogP contribution in [0.15, 0.2) is 48.7 Å². The van der Waals surface area contributed by atoms with Crippen LogP contribution in [0.25, 0.3) is 5.69 Å². The van der Waals surface area contributed by atoms with Crippen LogP contribution >= 0.6 is 0 Å². The summed E-state index contributed by atoms with van der Waals surface area (Å²) in [6.45, 7) is 1.36. The number of nitro groups is 1. The molecule has 0 aliphatic heterocycles. The Hall–Kier alpha value is -4.42. The van der Waals surface area contributed by atoms with E-state index in [1.54, 1.807) is 0 Å². The number of hydrogen-bond acceptors (Lipinski definition) is 7. The van der Waals surface area contributed by atoms with Crippen LogP contribution in [0.1, 0.15) is 33.3 Å². The molecule has 1 amide bonds. The third-order valence-corrected chi connectivity index (χ3v) is 4.54. The van der Waals surface area contributed by atoms with Crippen LogP contribution in [0.2, 0.25) is 0 Å². The lowest BCUT2D eigenvalue weighted by Crippen LogP contribution is -2.18. The molecule has 0 fully saturated rings. The van der Waals surface area contributed by atoms with Crippen molar-refractivity contribution in [1.82, 2.24) is 9.78 Å². The average molecular weight is 478 g/mol. The van der Waals surface area contributed by atoms with Gasteiger partial charge in [-0.3, -0.25) is 14.9 Å². The fourth-order valence-electron chi connectivity index (χ4n) is 3.05. The zero-order chi connectivity index (χ0) is 25.0. The van der Waals surface area contributed by atoms with Crippen molar-refractivity contribution in [1.29, 1.82) is 0 Å². The van der Waals surface area contributed by atoms with Crippen molar-refractivity contribution in [3.05, 3.63) is 75.6 Å². The summed E-state index contributed by atoms with van der Waals surface area (Å²) in [4.78, 5) is 34.9. The van der Waals surface area contributed by atoms with Gasteiger partial charge in [-0.15, -0.1) is 0 Å². The van der Waals surface area contributed by atoms with Crippen LogP contribution in [0.5, 0.6) is 5.75 Å². The highest BCUT2D eigenvalue weighted by Crippen LogP contribution is 2.34. The maximum Gasteiger partial charge on any atom is 0.434 e. The Morgan fingerprint density at radius 1 is 1.15 bits per heavy atom. The van der Waals surface area contributed by atoms with Crippen LogP contribution in [-0.2, 0) is 10.9 Å². The second-order valence-electron chi connectivity index (χ2n) is 6.68. The summed E-state index contributed by atoms with van der Waals surface area (Å²) in [5, 5.41) is 17.2. The predicted octanol–water partition coefficient (Wildman–Crippen LogP) is 4.24. The Kier molecular flexibility index (Phi) is 6.84. The molecule has 178 valence electrons. The molecule has 0 bridgehead atoms. The number of anilines is 1. The standard InChI is InChI=1S/C21H17F3N4O6/c1-3-34-20(30)16-11-25-27(18(16)21(22,23)24)13-6-4-12(5-7-13)26-19(29)15-10-14(28(31)32)8-9-17(15)33-2/h4-11H,3H2,1-2H3,(H,26,29). The van der Waals surface area contributed by atoms with E-state index in [1.165, 1.54) is 50.4 Å². The number of carbonyl (C=O) groups excluding carboxylic acids is 2. The number of nitro benzene ring substituents is 1. The van der Waals surface area contributed by atoms with Gasteiger partial charge in [-0.1, -0.05) is 0 Å². The topological polar surface area (TPSA) is 126 Å². The number of benzene rings is 2. The van der Waals surface area contributed by atoms with Crippen molar-refractivity contribution in [2.75, 3.05) is 19.0 Å². The number of esters is 1. The number of alkyl halides is 3. The molecule has 1 heterocycles. The van der Waals surface area contributed by atoms with Gasteiger partial charge in [-0.05, 0) is 37.3 Å². The minimum atomic E-state index is -4.90. The third kappa shape index (κ3) is 4.98. The van der Waals surface area contributed by atoms with Gasteiger partial charge in [0.1, 0.15) is 11.3 Å². The number of ether oxygens (including phenoxy) is 2.